The van der Waals surface area contributed by atoms with Crippen molar-refractivity contribution in [1.29, 1.82) is 0 Å². The van der Waals surface area contributed by atoms with Gasteiger partial charge in [0.15, 0.2) is 0 Å². The van der Waals surface area contributed by atoms with E-state index in [1.54, 1.807) is 43.5 Å². The maximum absolute atomic E-state index is 12.9. The second-order valence-electron chi connectivity index (χ2n) is 9.51. The van der Waals surface area contributed by atoms with Crippen molar-refractivity contribution in [2.75, 3.05) is 38.2 Å². The van der Waals surface area contributed by atoms with Gasteiger partial charge in [-0.1, -0.05) is 11.6 Å². The summed E-state index contributed by atoms with van der Waals surface area (Å²) in [5.41, 5.74) is 1.65. The summed E-state index contributed by atoms with van der Waals surface area (Å²) in [5, 5.41) is 12.5. The molecule has 1 aliphatic rings. The number of methoxy groups -OCH3 is 1. The molecule has 5 aromatic rings. The van der Waals surface area contributed by atoms with Gasteiger partial charge >= 0.3 is 11.3 Å². The van der Waals surface area contributed by atoms with Gasteiger partial charge in [-0.15, -0.1) is 0 Å². The number of phenolic OH excluding ortho intramolecular Hbond substituents is 1. The molecule has 198 valence electrons. The molecule has 1 N–H and O–H groups in total. The third-order valence-corrected chi connectivity index (χ3v) is 7.40. The molecule has 0 unspecified atom stereocenters. The van der Waals surface area contributed by atoms with E-state index >= 15 is 0 Å². The molecule has 3 aromatic carbocycles. The van der Waals surface area contributed by atoms with E-state index in [2.05, 4.69) is 9.80 Å². The summed E-state index contributed by atoms with van der Waals surface area (Å²) < 4.78 is 16.4. The van der Waals surface area contributed by atoms with Crippen molar-refractivity contribution in [3.63, 3.8) is 0 Å². The van der Waals surface area contributed by atoms with E-state index in [0.29, 0.717) is 39.0 Å². The van der Waals surface area contributed by atoms with E-state index < -0.39 is 11.3 Å². The number of halogens is 1. The minimum absolute atomic E-state index is 0.0257. The molecule has 39 heavy (non-hydrogen) atoms. The fraction of sp³-hybridized carbons (Fsp3) is 0.200. The molecule has 2 aromatic heterocycles. The molecule has 8 nitrogen and oxygen atoms in total. The lowest BCUT2D eigenvalue weighted by molar-refractivity contribution is 0.246. The van der Waals surface area contributed by atoms with E-state index in [9.17, 15) is 14.7 Å². The van der Waals surface area contributed by atoms with Crippen LogP contribution in [0.2, 0.25) is 5.02 Å². The van der Waals surface area contributed by atoms with Crippen LogP contribution in [0.25, 0.3) is 33.1 Å². The highest BCUT2D eigenvalue weighted by Gasteiger charge is 2.22. The summed E-state index contributed by atoms with van der Waals surface area (Å²) in [7, 11) is 1.65. The maximum Gasteiger partial charge on any atom is 0.344 e. The van der Waals surface area contributed by atoms with Crippen molar-refractivity contribution in [1.82, 2.24) is 4.90 Å². The summed E-state index contributed by atoms with van der Waals surface area (Å²) >= 11 is 6.14. The van der Waals surface area contributed by atoms with Crippen LogP contribution in [0.15, 0.2) is 85.2 Å². The number of ether oxygens (including phenoxy) is 1. The smallest absolute Gasteiger partial charge is 0.344 e. The first-order valence-corrected chi connectivity index (χ1v) is 12.9. The van der Waals surface area contributed by atoms with Gasteiger partial charge in [-0.2, -0.15) is 0 Å². The number of rotatable bonds is 5. The van der Waals surface area contributed by atoms with Gasteiger partial charge in [-0.05, 0) is 60.7 Å². The molecule has 0 bridgehead atoms. The van der Waals surface area contributed by atoms with Gasteiger partial charge in [0, 0.05) is 65.8 Å². The van der Waals surface area contributed by atoms with Crippen molar-refractivity contribution in [3.8, 4) is 22.6 Å². The normalized spacial score (nSPS) is 14.3. The van der Waals surface area contributed by atoms with Crippen molar-refractivity contribution in [2.24, 2.45) is 0 Å². The zero-order valence-corrected chi connectivity index (χ0v) is 21.9. The van der Waals surface area contributed by atoms with E-state index in [1.165, 1.54) is 6.07 Å². The van der Waals surface area contributed by atoms with Gasteiger partial charge in [0.05, 0.1) is 18.2 Å². The molecule has 1 saturated heterocycles. The number of hydrogen-bond donors (Lipinski definition) is 1. The van der Waals surface area contributed by atoms with Crippen molar-refractivity contribution in [3.05, 3.63) is 98.2 Å². The monoisotopic (exact) mass is 544 g/mol. The second-order valence-corrected chi connectivity index (χ2v) is 9.95. The Bertz CT molecular complexity index is 1800. The van der Waals surface area contributed by atoms with Crippen LogP contribution in [-0.4, -0.2) is 43.3 Å². The summed E-state index contributed by atoms with van der Waals surface area (Å²) in [6, 6.07) is 19.1. The summed E-state index contributed by atoms with van der Waals surface area (Å²) in [5.74, 6) is 0.840. The molecule has 0 aliphatic carbocycles. The highest BCUT2D eigenvalue weighted by atomic mass is 35.5. The number of aromatic hydroxyl groups is 1. The Morgan fingerprint density at radius 1 is 0.897 bits per heavy atom. The summed E-state index contributed by atoms with van der Waals surface area (Å²) in [4.78, 5) is 30.1. The first kappa shape index (κ1) is 25.0. The van der Waals surface area contributed by atoms with Crippen LogP contribution < -0.4 is 20.9 Å². The van der Waals surface area contributed by atoms with Crippen LogP contribution in [0.4, 0.5) is 5.69 Å². The highest BCUT2D eigenvalue weighted by Crippen LogP contribution is 2.34. The third-order valence-electron chi connectivity index (χ3n) is 7.17. The number of anilines is 1. The predicted molar refractivity (Wildman–Crippen MR) is 151 cm³/mol. The van der Waals surface area contributed by atoms with Gasteiger partial charge in [-0.25, -0.2) is 9.59 Å². The van der Waals surface area contributed by atoms with Crippen molar-refractivity contribution >= 4 is 39.2 Å². The zero-order valence-electron chi connectivity index (χ0n) is 21.1. The Hall–Kier alpha value is -4.27. The Balaban J connectivity index is 1.33. The number of nitrogens with zero attached hydrogens (tertiary/aromatic N) is 2. The average molecular weight is 545 g/mol. The van der Waals surface area contributed by atoms with Crippen LogP contribution in [0, 0.1) is 0 Å². The lowest BCUT2D eigenvalue weighted by Crippen LogP contribution is -2.46. The minimum atomic E-state index is -0.626. The topological polar surface area (TPSA) is 96.4 Å². The fourth-order valence-electron chi connectivity index (χ4n) is 5.11. The molecule has 0 radical (unpaired) electrons. The number of fused-ring (bicyclic) bond motifs is 2. The molecule has 0 spiro atoms. The first-order valence-electron chi connectivity index (χ1n) is 12.5. The van der Waals surface area contributed by atoms with Gasteiger partial charge in [0.1, 0.15) is 22.7 Å². The van der Waals surface area contributed by atoms with Gasteiger partial charge in [-0.3, -0.25) is 4.90 Å². The molecule has 6 rings (SSSR count). The van der Waals surface area contributed by atoms with Crippen LogP contribution in [0.1, 0.15) is 5.56 Å². The molecular formula is C30H25ClN2O6. The molecule has 1 aliphatic heterocycles. The zero-order chi connectivity index (χ0) is 27.1. The van der Waals surface area contributed by atoms with Crippen LogP contribution >= 0.6 is 11.6 Å². The lowest BCUT2D eigenvalue weighted by atomic mass is 9.99. The molecule has 1 fully saturated rings. The number of benzene rings is 3. The van der Waals surface area contributed by atoms with Gasteiger partial charge in [0.25, 0.3) is 0 Å². The second kappa shape index (κ2) is 10.1. The molecule has 0 atom stereocenters. The van der Waals surface area contributed by atoms with E-state index in [1.807, 2.05) is 24.3 Å². The minimum Gasteiger partial charge on any atom is -0.507 e. The first-order chi connectivity index (χ1) is 18.9. The van der Waals surface area contributed by atoms with E-state index in [4.69, 9.17) is 25.2 Å². The molecular weight excluding hydrogens is 520 g/mol. The average Bonchev–Trinajstić information content (AvgIpc) is 2.94. The van der Waals surface area contributed by atoms with Crippen molar-refractivity contribution in [2.45, 2.75) is 6.54 Å². The third kappa shape index (κ3) is 4.84. The Labute approximate surface area is 228 Å². The molecule has 0 saturated carbocycles. The Morgan fingerprint density at radius 2 is 1.67 bits per heavy atom. The number of phenols is 1. The number of piperazine rings is 1. The lowest BCUT2D eigenvalue weighted by Gasteiger charge is -2.36. The van der Waals surface area contributed by atoms with Gasteiger partial charge in [0.2, 0.25) is 0 Å². The van der Waals surface area contributed by atoms with E-state index in [-0.39, 0.29) is 16.9 Å². The maximum atomic E-state index is 12.9. The molecule has 0 amide bonds. The number of hydrogen-bond acceptors (Lipinski definition) is 8. The molecule has 3 heterocycles. The van der Waals surface area contributed by atoms with Gasteiger partial charge < -0.3 is 23.6 Å². The Kier molecular flexibility index (Phi) is 6.50. The quantitative estimate of drug-likeness (QED) is 0.299. The van der Waals surface area contributed by atoms with Crippen LogP contribution in [0.5, 0.6) is 11.5 Å². The standard InChI is InChI=1S/C30H25ClN2O6/c1-37-21-5-3-20(4-6-21)33-12-10-32(11-13-33)17-25-26(34)8-7-22-23(16-28(35)39-29(22)25)24-15-18-14-19(31)2-9-27(18)38-30(24)36/h2-9,14-16,34H,10-13,17H2,1H3. The van der Waals surface area contributed by atoms with Crippen LogP contribution in [0.3, 0.4) is 0 Å². The fourth-order valence-corrected chi connectivity index (χ4v) is 5.29. The predicted octanol–water partition coefficient (Wildman–Crippen LogP) is 5.26. The molecule has 9 heteroatoms. The SMILES string of the molecule is COc1ccc(N2CCN(Cc3c(O)ccc4c(-c5cc6cc(Cl)ccc6oc5=O)cc(=O)oc34)CC2)cc1. The van der Waals surface area contributed by atoms with Crippen LogP contribution in [-0.2, 0) is 6.54 Å². The van der Waals surface area contributed by atoms with E-state index in [0.717, 1.165) is 37.6 Å². The summed E-state index contributed by atoms with van der Waals surface area (Å²) in [6.45, 7) is 3.48. The Morgan fingerprint density at radius 3 is 2.41 bits per heavy atom. The largest absolute Gasteiger partial charge is 0.507 e. The van der Waals surface area contributed by atoms with Crippen molar-refractivity contribution < 1.29 is 18.7 Å². The summed E-state index contributed by atoms with van der Waals surface area (Å²) in [6.07, 6.45) is 0. The highest BCUT2D eigenvalue weighted by molar-refractivity contribution is 6.31.